The zero-order valence-corrected chi connectivity index (χ0v) is 14.5. The largest absolute Gasteiger partial charge is 0.380 e. The van der Waals surface area contributed by atoms with Crippen LogP contribution in [0.2, 0.25) is 0 Å². The lowest BCUT2D eigenvalue weighted by molar-refractivity contribution is 0.152. The average Bonchev–Trinajstić information content (AvgIpc) is 2.75. The van der Waals surface area contributed by atoms with E-state index in [0.29, 0.717) is 6.61 Å². The zero-order valence-electron chi connectivity index (χ0n) is 12.2. The second-order valence-corrected chi connectivity index (χ2v) is 4.14. The quantitative estimate of drug-likeness (QED) is 0.354. The molecule has 0 bridgehead atoms. The number of guanidine groups is 1. The first-order valence-corrected chi connectivity index (χ1v) is 6.28. The standard InChI is InChI=1S/C13H24N4O.HI/c1-5-18-10-8-15-13(14-2)17(4)11-12-7-6-9-16(12)3;/h6-7,9H,5,8,10-11H2,1-4H3,(H,14,15);1H. The fourth-order valence-corrected chi connectivity index (χ4v) is 1.74. The Bertz CT molecular complexity index is 378. The van der Waals surface area contributed by atoms with Crippen molar-refractivity contribution >= 4 is 29.9 Å². The van der Waals surface area contributed by atoms with Gasteiger partial charge < -0.3 is 19.5 Å². The Morgan fingerprint density at radius 1 is 1.53 bits per heavy atom. The van der Waals surface area contributed by atoms with Crippen LogP contribution in [0.5, 0.6) is 0 Å². The Morgan fingerprint density at radius 3 is 2.79 bits per heavy atom. The molecule has 0 fully saturated rings. The molecule has 1 N–H and O–H groups in total. The molecule has 110 valence electrons. The summed E-state index contributed by atoms with van der Waals surface area (Å²) in [6.07, 6.45) is 2.05. The highest BCUT2D eigenvalue weighted by Crippen LogP contribution is 2.03. The van der Waals surface area contributed by atoms with Crippen molar-refractivity contribution < 1.29 is 4.74 Å². The van der Waals surface area contributed by atoms with E-state index >= 15 is 0 Å². The Labute approximate surface area is 133 Å². The van der Waals surface area contributed by atoms with Crippen molar-refractivity contribution in [1.82, 2.24) is 14.8 Å². The summed E-state index contributed by atoms with van der Waals surface area (Å²) in [4.78, 5) is 6.36. The van der Waals surface area contributed by atoms with Crippen molar-refractivity contribution in [3.8, 4) is 0 Å². The topological polar surface area (TPSA) is 41.8 Å². The van der Waals surface area contributed by atoms with Crippen LogP contribution >= 0.6 is 24.0 Å². The van der Waals surface area contributed by atoms with Crippen molar-refractivity contribution in [2.75, 3.05) is 33.9 Å². The summed E-state index contributed by atoms with van der Waals surface area (Å²) in [6, 6.07) is 4.17. The molecule has 0 amide bonds. The van der Waals surface area contributed by atoms with Crippen LogP contribution < -0.4 is 5.32 Å². The molecule has 0 saturated carbocycles. The second-order valence-electron chi connectivity index (χ2n) is 4.14. The fraction of sp³-hybridized carbons (Fsp3) is 0.615. The average molecular weight is 380 g/mol. The summed E-state index contributed by atoms with van der Waals surface area (Å²) in [5.41, 5.74) is 1.25. The minimum absolute atomic E-state index is 0. The number of aryl methyl sites for hydroxylation is 1. The van der Waals surface area contributed by atoms with Crippen molar-refractivity contribution in [1.29, 1.82) is 0 Å². The first-order chi connectivity index (χ1) is 8.69. The summed E-state index contributed by atoms with van der Waals surface area (Å²) in [5.74, 6) is 0.885. The lowest BCUT2D eigenvalue weighted by atomic mass is 10.4. The number of hydrogen-bond donors (Lipinski definition) is 1. The molecule has 0 spiro atoms. The van der Waals surface area contributed by atoms with Gasteiger partial charge in [-0.2, -0.15) is 0 Å². The molecule has 0 aliphatic rings. The molecule has 19 heavy (non-hydrogen) atoms. The van der Waals surface area contributed by atoms with Gasteiger partial charge in [0.25, 0.3) is 0 Å². The number of ether oxygens (including phenoxy) is 1. The maximum Gasteiger partial charge on any atom is 0.193 e. The molecule has 5 nitrogen and oxygen atoms in total. The fourth-order valence-electron chi connectivity index (χ4n) is 1.74. The van der Waals surface area contributed by atoms with E-state index in [4.69, 9.17) is 4.74 Å². The van der Waals surface area contributed by atoms with Crippen LogP contribution in [0.25, 0.3) is 0 Å². The van der Waals surface area contributed by atoms with Gasteiger partial charge in [-0.1, -0.05) is 0 Å². The Morgan fingerprint density at radius 2 is 2.26 bits per heavy atom. The summed E-state index contributed by atoms with van der Waals surface area (Å²) < 4.78 is 7.41. The van der Waals surface area contributed by atoms with E-state index in [1.165, 1.54) is 5.69 Å². The van der Waals surface area contributed by atoms with Gasteiger partial charge in [0, 0.05) is 46.2 Å². The highest BCUT2D eigenvalue weighted by molar-refractivity contribution is 14.0. The van der Waals surface area contributed by atoms with E-state index in [2.05, 4.69) is 45.2 Å². The van der Waals surface area contributed by atoms with Gasteiger partial charge in [-0.25, -0.2) is 0 Å². The molecule has 6 heteroatoms. The molecule has 1 aromatic rings. The highest BCUT2D eigenvalue weighted by Gasteiger charge is 2.07. The van der Waals surface area contributed by atoms with Gasteiger partial charge in [0.15, 0.2) is 5.96 Å². The Balaban J connectivity index is 0.00000324. The van der Waals surface area contributed by atoms with Crippen LogP contribution in [0, 0.1) is 0 Å². The van der Waals surface area contributed by atoms with Gasteiger partial charge in [0.05, 0.1) is 13.2 Å². The molecule has 0 unspecified atom stereocenters. The van der Waals surface area contributed by atoms with Crippen LogP contribution in [-0.4, -0.2) is 49.3 Å². The first-order valence-electron chi connectivity index (χ1n) is 6.28. The van der Waals surface area contributed by atoms with Crippen LogP contribution in [-0.2, 0) is 18.3 Å². The number of aromatic nitrogens is 1. The molecule has 0 radical (unpaired) electrons. The van der Waals surface area contributed by atoms with E-state index in [1.54, 1.807) is 7.05 Å². The number of rotatable bonds is 6. The molecule has 1 heterocycles. The SMILES string of the molecule is CCOCCNC(=NC)N(C)Cc1cccn1C.I. The highest BCUT2D eigenvalue weighted by atomic mass is 127. The Hall–Kier alpha value is -0.760. The lowest BCUT2D eigenvalue weighted by Crippen LogP contribution is -2.40. The molecule has 0 saturated heterocycles. The van der Waals surface area contributed by atoms with Crippen LogP contribution in [0.15, 0.2) is 23.3 Å². The molecule has 0 aromatic carbocycles. The number of aliphatic imine (C=N–C) groups is 1. The second kappa shape index (κ2) is 10.1. The molecule has 0 atom stereocenters. The third kappa shape index (κ3) is 6.29. The van der Waals surface area contributed by atoms with Crippen LogP contribution in [0.1, 0.15) is 12.6 Å². The third-order valence-electron chi connectivity index (χ3n) is 2.76. The van der Waals surface area contributed by atoms with Gasteiger partial charge in [-0.3, -0.25) is 4.99 Å². The molecule has 0 aliphatic heterocycles. The van der Waals surface area contributed by atoms with Crippen molar-refractivity contribution in [2.24, 2.45) is 12.0 Å². The predicted octanol–water partition coefficient (Wildman–Crippen LogP) is 1.69. The number of halogens is 1. The third-order valence-corrected chi connectivity index (χ3v) is 2.76. The van der Waals surface area contributed by atoms with Gasteiger partial charge in [0.1, 0.15) is 0 Å². The monoisotopic (exact) mass is 380 g/mol. The van der Waals surface area contributed by atoms with Crippen molar-refractivity contribution in [2.45, 2.75) is 13.5 Å². The van der Waals surface area contributed by atoms with E-state index in [9.17, 15) is 0 Å². The predicted molar refractivity (Wildman–Crippen MR) is 90.1 cm³/mol. The maximum atomic E-state index is 5.29. The first kappa shape index (κ1) is 18.2. The number of nitrogens with zero attached hydrogens (tertiary/aromatic N) is 3. The molecule has 0 aliphatic carbocycles. The van der Waals surface area contributed by atoms with Crippen LogP contribution in [0.4, 0.5) is 0 Å². The molecule has 1 rings (SSSR count). The smallest absolute Gasteiger partial charge is 0.193 e. The van der Waals surface area contributed by atoms with E-state index in [0.717, 1.165) is 25.7 Å². The van der Waals surface area contributed by atoms with Gasteiger partial charge >= 0.3 is 0 Å². The van der Waals surface area contributed by atoms with Gasteiger partial charge in [0.2, 0.25) is 0 Å². The number of hydrogen-bond acceptors (Lipinski definition) is 2. The van der Waals surface area contributed by atoms with E-state index < -0.39 is 0 Å². The Kier molecular flexibility index (Phi) is 9.68. The maximum absolute atomic E-state index is 5.29. The molecule has 1 aromatic heterocycles. The summed E-state index contributed by atoms with van der Waals surface area (Å²) in [6.45, 7) is 5.05. The minimum atomic E-state index is 0. The lowest BCUT2D eigenvalue weighted by Gasteiger charge is -2.22. The van der Waals surface area contributed by atoms with E-state index in [1.807, 2.05) is 14.0 Å². The molecular weight excluding hydrogens is 355 g/mol. The minimum Gasteiger partial charge on any atom is -0.380 e. The molecular formula is C13H25IN4O. The van der Waals surface area contributed by atoms with E-state index in [-0.39, 0.29) is 24.0 Å². The van der Waals surface area contributed by atoms with Crippen molar-refractivity contribution in [3.05, 3.63) is 24.0 Å². The summed E-state index contributed by atoms with van der Waals surface area (Å²) >= 11 is 0. The van der Waals surface area contributed by atoms with Crippen LogP contribution in [0.3, 0.4) is 0 Å². The normalized spacial score (nSPS) is 11.1. The van der Waals surface area contributed by atoms with Crippen molar-refractivity contribution in [3.63, 3.8) is 0 Å². The number of nitrogens with one attached hydrogen (secondary N) is 1. The van der Waals surface area contributed by atoms with Gasteiger partial charge in [-0.05, 0) is 19.1 Å². The van der Waals surface area contributed by atoms with Gasteiger partial charge in [-0.15, -0.1) is 24.0 Å². The zero-order chi connectivity index (χ0) is 13.4. The summed E-state index contributed by atoms with van der Waals surface area (Å²) in [7, 11) is 5.88. The summed E-state index contributed by atoms with van der Waals surface area (Å²) in [5, 5.41) is 3.28.